The summed E-state index contributed by atoms with van der Waals surface area (Å²) in [4.78, 5) is 15.2. The molecular weight excluding hydrogens is 598 g/mol. The van der Waals surface area contributed by atoms with Gasteiger partial charge in [0.15, 0.2) is 0 Å². The summed E-state index contributed by atoms with van der Waals surface area (Å²) in [6, 6.07) is 60.0. The van der Waals surface area contributed by atoms with Crippen LogP contribution in [0, 0.1) is 0 Å². The molecule has 0 aliphatic carbocycles. The summed E-state index contributed by atoms with van der Waals surface area (Å²) in [5.74, 6) is 0.0561. The number of para-hydroxylation sites is 2. The monoisotopic (exact) mass is 636 g/mol. The zero-order valence-electron chi connectivity index (χ0n) is 26.0. The summed E-state index contributed by atoms with van der Waals surface area (Å²) in [7, 11) is -1.57. The zero-order chi connectivity index (χ0) is 31.6. The molecule has 1 amide bonds. The van der Waals surface area contributed by atoms with Crippen molar-refractivity contribution in [3.05, 3.63) is 170 Å². The molecule has 0 spiro atoms. The van der Waals surface area contributed by atoms with Crippen molar-refractivity contribution >= 4 is 65.0 Å². The van der Waals surface area contributed by atoms with Crippen LogP contribution in [0.5, 0.6) is 0 Å². The van der Waals surface area contributed by atoms with Crippen LogP contribution >= 0.6 is 15.8 Å². The van der Waals surface area contributed by atoms with E-state index in [-0.39, 0.29) is 5.91 Å². The lowest BCUT2D eigenvalue weighted by atomic mass is 10.2. The Hall–Kier alpha value is -4.55. The van der Waals surface area contributed by atoms with Crippen molar-refractivity contribution in [2.45, 2.75) is 13.3 Å². The van der Waals surface area contributed by atoms with E-state index in [2.05, 4.69) is 169 Å². The number of amides is 1. The predicted octanol–water partition coefficient (Wildman–Crippen LogP) is 7.06. The van der Waals surface area contributed by atoms with Gasteiger partial charge >= 0.3 is 0 Å². The number of rotatable bonds is 12. The lowest BCUT2D eigenvalue weighted by Gasteiger charge is -2.28. The second-order valence-corrected chi connectivity index (χ2v) is 15.3. The number of benzene rings is 6. The van der Waals surface area contributed by atoms with Crippen LogP contribution in [0.15, 0.2) is 170 Å². The Morgan fingerprint density at radius 1 is 0.522 bits per heavy atom. The standard InChI is InChI=1S/C41H38N2OP2/c1-33(44)43(39-28-15-17-30-41(39)46(36-23-10-4-11-24-36)37-25-12-5-13-26-37)32-18-31-42-38-27-14-16-29-40(38)45(34-19-6-2-7-20-34)35-21-8-3-9-22-35/h2-17,19-30,42H,18,31-32H2,1H3. The maximum absolute atomic E-state index is 13.2. The first kappa shape index (κ1) is 31.4. The summed E-state index contributed by atoms with van der Waals surface area (Å²) >= 11 is 0. The molecule has 6 rings (SSSR count). The fourth-order valence-electron chi connectivity index (χ4n) is 5.77. The molecule has 0 fully saturated rings. The van der Waals surface area contributed by atoms with Crippen LogP contribution < -0.4 is 42.0 Å². The maximum atomic E-state index is 13.2. The van der Waals surface area contributed by atoms with Gasteiger partial charge in [-0.2, -0.15) is 0 Å². The molecule has 46 heavy (non-hydrogen) atoms. The third kappa shape index (κ3) is 7.45. The highest BCUT2D eigenvalue weighted by molar-refractivity contribution is 7.80. The molecule has 0 saturated carbocycles. The summed E-state index contributed by atoms with van der Waals surface area (Å²) < 4.78 is 0. The first-order valence-corrected chi connectivity index (χ1v) is 18.4. The van der Waals surface area contributed by atoms with Crippen molar-refractivity contribution < 1.29 is 4.79 Å². The SMILES string of the molecule is CC(=O)N(CCCNc1ccccc1P(c1ccccc1)c1ccccc1)c1ccccc1P(c1ccccc1)c1ccccc1. The summed E-state index contributed by atoms with van der Waals surface area (Å²) in [6.07, 6.45) is 0.811. The molecule has 1 N–H and O–H groups in total. The fourth-order valence-corrected chi connectivity index (χ4v) is 10.6. The molecule has 0 atom stereocenters. The first-order valence-electron chi connectivity index (χ1n) is 15.7. The first-order chi connectivity index (χ1) is 22.7. The minimum absolute atomic E-state index is 0.0561. The Morgan fingerprint density at radius 3 is 1.39 bits per heavy atom. The molecular formula is C41H38N2OP2. The van der Waals surface area contributed by atoms with E-state index in [1.54, 1.807) is 6.92 Å². The minimum Gasteiger partial charge on any atom is -0.384 e. The lowest BCUT2D eigenvalue weighted by molar-refractivity contribution is -0.116. The van der Waals surface area contributed by atoms with Crippen molar-refractivity contribution in [1.29, 1.82) is 0 Å². The van der Waals surface area contributed by atoms with Gasteiger partial charge in [-0.1, -0.05) is 158 Å². The molecule has 0 saturated heterocycles. The Morgan fingerprint density at radius 2 is 0.913 bits per heavy atom. The quantitative estimate of drug-likeness (QED) is 0.115. The van der Waals surface area contributed by atoms with Crippen LogP contribution in [-0.2, 0) is 4.79 Å². The highest BCUT2D eigenvalue weighted by atomic mass is 31.1. The van der Waals surface area contributed by atoms with Gasteiger partial charge in [0.2, 0.25) is 5.91 Å². The maximum Gasteiger partial charge on any atom is 0.223 e. The van der Waals surface area contributed by atoms with E-state index in [9.17, 15) is 4.79 Å². The summed E-state index contributed by atoms with van der Waals surface area (Å²) in [6.45, 7) is 3.06. The molecule has 0 heterocycles. The highest BCUT2D eigenvalue weighted by Gasteiger charge is 2.24. The lowest BCUT2D eigenvalue weighted by Crippen LogP contribution is -2.35. The third-order valence-corrected chi connectivity index (χ3v) is 12.9. The van der Waals surface area contributed by atoms with E-state index in [4.69, 9.17) is 0 Å². The average Bonchev–Trinajstić information content (AvgIpc) is 3.11. The van der Waals surface area contributed by atoms with Gasteiger partial charge in [-0.3, -0.25) is 4.79 Å². The van der Waals surface area contributed by atoms with Gasteiger partial charge in [-0.15, -0.1) is 0 Å². The third-order valence-electron chi connectivity index (χ3n) is 7.87. The van der Waals surface area contributed by atoms with Gasteiger partial charge in [-0.05, 0) is 55.6 Å². The molecule has 3 nitrogen and oxygen atoms in total. The van der Waals surface area contributed by atoms with E-state index in [1.165, 1.54) is 31.8 Å². The Kier molecular flexibility index (Phi) is 10.7. The second-order valence-electron chi connectivity index (χ2n) is 11.0. The Bertz CT molecular complexity index is 1750. The van der Waals surface area contributed by atoms with Crippen molar-refractivity contribution in [2.24, 2.45) is 0 Å². The number of nitrogens with zero attached hydrogens (tertiary/aromatic N) is 1. The predicted molar refractivity (Wildman–Crippen MR) is 201 cm³/mol. The molecule has 0 aliphatic rings. The fraction of sp³-hybridized carbons (Fsp3) is 0.0976. The van der Waals surface area contributed by atoms with Gasteiger partial charge in [0.25, 0.3) is 0 Å². The number of nitrogens with one attached hydrogen (secondary N) is 1. The Balaban J connectivity index is 1.24. The molecule has 228 valence electrons. The van der Waals surface area contributed by atoms with Gasteiger partial charge in [0.05, 0.1) is 5.69 Å². The van der Waals surface area contributed by atoms with Crippen LogP contribution in [0.3, 0.4) is 0 Å². The molecule has 0 bridgehead atoms. The van der Waals surface area contributed by atoms with Gasteiger partial charge in [0, 0.05) is 36.3 Å². The van der Waals surface area contributed by atoms with Crippen LogP contribution in [-0.4, -0.2) is 19.0 Å². The summed E-state index contributed by atoms with van der Waals surface area (Å²) in [5.41, 5.74) is 2.14. The highest BCUT2D eigenvalue weighted by Crippen LogP contribution is 2.37. The number of hydrogen-bond donors (Lipinski definition) is 1. The van der Waals surface area contributed by atoms with Crippen LogP contribution in [0.2, 0.25) is 0 Å². The van der Waals surface area contributed by atoms with Gasteiger partial charge < -0.3 is 10.2 Å². The Labute approximate surface area is 275 Å². The molecule has 5 heteroatoms. The number of carbonyl (C=O) groups excluding carboxylic acids is 1. The number of hydrogen-bond acceptors (Lipinski definition) is 2. The topological polar surface area (TPSA) is 32.3 Å². The smallest absolute Gasteiger partial charge is 0.223 e. The van der Waals surface area contributed by atoms with Gasteiger partial charge in [-0.25, -0.2) is 0 Å². The molecule has 0 aliphatic heterocycles. The minimum atomic E-state index is -0.842. The van der Waals surface area contributed by atoms with E-state index < -0.39 is 15.8 Å². The second kappa shape index (κ2) is 15.6. The van der Waals surface area contributed by atoms with E-state index in [1.807, 2.05) is 11.0 Å². The number of carbonyl (C=O) groups is 1. The molecule has 0 aromatic heterocycles. The number of anilines is 2. The van der Waals surface area contributed by atoms with Crippen LogP contribution in [0.1, 0.15) is 13.3 Å². The van der Waals surface area contributed by atoms with Crippen LogP contribution in [0.25, 0.3) is 0 Å². The summed E-state index contributed by atoms with van der Waals surface area (Å²) in [5, 5.41) is 11.4. The molecule has 6 aromatic carbocycles. The largest absolute Gasteiger partial charge is 0.384 e. The zero-order valence-corrected chi connectivity index (χ0v) is 27.8. The molecule has 0 unspecified atom stereocenters. The van der Waals surface area contributed by atoms with Crippen molar-refractivity contribution in [3.8, 4) is 0 Å². The van der Waals surface area contributed by atoms with E-state index in [0.717, 1.165) is 24.3 Å². The molecule has 6 aromatic rings. The van der Waals surface area contributed by atoms with Crippen molar-refractivity contribution in [2.75, 3.05) is 23.3 Å². The van der Waals surface area contributed by atoms with Gasteiger partial charge in [0.1, 0.15) is 0 Å². The van der Waals surface area contributed by atoms with Crippen molar-refractivity contribution in [3.63, 3.8) is 0 Å². The van der Waals surface area contributed by atoms with E-state index >= 15 is 0 Å². The van der Waals surface area contributed by atoms with Crippen molar-refractivity contribution in [1.82, 2.24) is 0 Å². The molecule has 0 radical (unpaired) electrons. The average molecular weight is 637 g/mol. The van der Waals surface area contributed by atoms with E-state index in [0.29, 0.717) is 6.54 Å². The van der Waals surface area contributed by atoms with Crippen LogP contribution in [0.4, 0.5) is 11.4 Å². The normalized spacial score (nSPS) is 11.0.